The maximum Gasteiger partial charge on any atom is 0.414 e. The van der Waals surface area contributed by atoms with Crippen molar-refractivity contribution < 1.29 is 14.3 Å². The van der Waals surface area contributed by atoms with Crippen molar-refractivity contribution in [3.05, 3.63) is 35.9 Å². The van der Waals surface area contributed by atoms with E-state index in [9.17, 15) is 9.59 Å². The molecular weight excluding hydrogens is 206 g/mol. The van der Waals surface area contributed by atoms with Gasteiger partial charge in [-0.15, -0.1) is 0 Å². The minimum atomic E-state index is -0.735. The van der Waals surface area contributed by atoms with Gasteiger partial charge in [-0.3, -0.25) is 10.1 Å². The lowest BCUT2D eigenvalue weighted by Gasteiger charge is -2.19. The molecule has 4 heteroatoms. The molecule has 1 aromatic rings. The average Bonchev–Trinajstić information content (AvgIpc) is 2.16. The molecule has 0 radical (unpaired) electrons. The summed E-state index contributed by atoms with van der Waals surface area (Å²) < 4.78 is 4.96. The van der Waals surface area contributed by atoms with E-state index in [2.05, 4.69) is 5.32 Å². The van der Waals surface area contributed by atoms with E-state index >= 15 is 0 Å². The van der Waals surface area contributed by atoms with Crippen LogP contribution in [0.4, 0.5) is 4.79 Å². The third-order valence-corrected chi connectivity index (χ3v) is 1.65. The van der Waals surface area contributed by atoms with Crippen LogP contribution in [-0.2, 0) is 4.74 Å². The lowest BCUT2D eigenvalue weighted by atomic mass is 10.2. The highest BCUT2D eigenvalue weighted by molar-refractivity contribution is 6.02. The lowest BCUT2D eigenvalue weighted by molar-refractivity contribution is 0.0508. The van der Waals surface area contributed by atoms with Gasteiger partial charge in [-0.05, 0) is 32.9 Å². The second kappa shape index (κ2) is 4.79. The summed E-state index contributed by atoms with van der Waals surface area (Å²) in [5.74, 6) is -0.463. The van der Waals surface area contributed by atoms with Crippen LogP contribution in [0.5, 0.6) is 0 Å². The molecule has 0 heterocycles. The number of benzene rings is 1. The molecule has 86 valence electrons. The summed E-state index contributed by atoms with van der Waals surface area (Å²) in [4.78, 5) is 22.8. The highest BCUT2D eigenvalue weighted by Crippen LogP contribution is 2.07. The summed E-state index contributed by atoms with van der Waals surface area (Å²) >= 11 is 0. The zero-order valence-electron chi connectivity index (χ0n) is 9.61. The second-order valence-corrected chi connectivity index (χ2v) is 4.32. The number of carbonyl (C=O) groups excluding carboxylic acids is 2. The van der Waals surface area contributed by atoms with Gasteiger partial charge in [-0.25, -0.2) is 4.79 Å². The average molecular weight is 221 g/mol. The molecule has 0 aliphatic rings. The van der Waals surface area contributed by atoms with Gasteiger partial charge in [0.05, 0.1) is 0 Å². The number of nitrogens with one attached hydrogen (secondary N) is 1. The van der Waals surface area contributed by atoms with Crippen LogP contribution in [0.15, 0.2) is 30.3 Å². The van der Waals surface area contributed by atoms with Gasteiger partial charge >= 0.3 is 6.09 Å². The molecule has 0 aliphatic carbocycles. The molecule has 2 amide bonds. The van der Waals surface area contributed by atoms with Crippen molar-refractivity contribution >= 4 is 12.0 Å². The normalized spacial score (nSPS) is 10.7. The molecule has 0 aliphatic heterocycles. The van der Waals surface area contributed by atoms with Crippen LogP contribution in [-0.4, -0.2) is 17.6 Å². The zero-order chi connectivity index (χ0) is 12.2. The van der Waals surface area contributed by atoms with Crippen molar-refractivity contribution in [3.8, 4) is 0 Å². The first-order chi connectivity index (χ1) is 7.38. The van der Waals surface area contributed by atoms with Crippen molar-refractivity contribution in [1.29, 1.82) is 0 Å². The van der Waals surface area contributed by atoms with E-state index in [1.54, 1.807) is 51.1 Å². The Bertz CT molecular complexity index is 379. The first-order valence-electron chi connectivity index (χ1n) is 4.98. The molecule has 1 rings (SSSR count). The summed E-state index contributed by atoms with van der Waals surface area (Å²) in [5, 5.41) is 2.15. The van der Waals surface area contributed by atoms with Crippen LogP contribution in [0, 0.1) is 0 Å². The van der Waals surface area contributed by atoms with Gasteiger partial charge in [-0.1, -0.05) is 18.2 Å². The van der Waals surface area contributed by atoms with Crippen LogP contribution >= 0.6 is 0 Å². The largest absolute Gasteiger partial charge is 0.444 e. The number of rotatable bonds is 1. The monoisotopic (exact) mass is 221 g/mol. The molecular formula is C12H15NO3. The molecule has 1 aromatic carbocycles. The molecule has 1 N–H and O–H groups in total. The molecule has 0 saturated carbocycles. The van der Waals surface area contributed by atoms with Crippen molar-refractivity contribution in [2.45, 2.75) is 26.4 Å². The third kappa shape index (κ3) is 4.13. The maximum absolute atomic E-state index is 11.5. The predicted octanol–water partition coefficient (Wildman–Crippen LogP) is 2.35. The van der Waals surface area contributed by atoms with Gasteiger partial charge in [0.1, 0.15) is 5.60 Å². The fourth-order valence-electron chi connectivity index (χ4n) is 1.06. The Morgan fingerprint density at radius 1 is 1.12 bits per heavy atom. The van der Waals surface area contributed by atoms with E-state index in [1.807, 2.05) is 0 Å². The second-order valence-electron chi connectivity index (χ2n) is 4.32. The number of imide groups is 1. The van der Waals surface area contributed by atoms with Crippen molar-refractivity contribution in [3.63, 3.8) is 0 Å². The Kier molecular flexibility index (Phi) is 3.66. The number of hydrogen-bond donors (Lipinski definition) is 1. The van der Waals surface area contributed by atoms with Gasteiger partial charge < -0.3 is 4.74 Å². The predicted molar refractivity (Wildman–Crippen MR) is 60.1 cm³/mol. The van der Waals surface area contributed by atoms with Gasteiger partial charge in [0.25, 0.3) is 5.91 Å². The van der Waals surface area contributed by atoms with Gasteiger partial charge in [0.15, 0.2) is 0 Å². The summed E-state index contributed by atoms with van der Waals surface area (Å²) in [6.07, 6.45) is -0.735. The van der Waals surface area contributed by atoms with E-state index in [4.69, 9.17) is 4.74 Å². The lowest BCUT2D eigenvalue weighted by Crippen LogP contribution is -2.36. The SMILES string of the molecule is CC(C)(C)OC(=O)NC(=O)c1ccccc1. The Morgan fingerprint density at radius 2 is 1.69 bits per heavy atom. The summed E-state index contributed by atoms with van der Waals surface area (Å²) in [6.45, 7) is 5.21. The van der Waals surface area contributed by atoms with E-state index in [0.29, 0.717) is 5.56 Å². The quantitative estimate of drug-likeness (QED) is 0.792. The topological polar surface area (TPSA) is 55.4 Å². The van der Waals surface area contributed by atoms with Crippen molar-refractivity contribution in [2.24, 2.45) is 0 Å². The zero-order valence-corrected chi connectivity index (χ0v) is 9.61. The van der Waals surface area contributed by atoms with E-state index in [1.165, 1.54) is 0 Å². The third-order valence-electron chi connectivity index (χ3n) is 1.65. The van der Waals surface area contributed by atoms with Crippen molar-refractivity contribution in [2.75, 3.05) is 0 Å². The van der Waals surface area contributed by atoms with Crippen LogP contribution in [0.1, 0.15) is 31.1 Å². The fourth-order valence-corrected chi connectivity index (χ4v) is 1.06. The minimum absolute atomic E-state index is 0.424. The Morgan fingerprint density at radius 3 is 2.19 bits per heavy atom. The van der Waals surface area contributed by atoms with Crippen molar-refractivity contribution in [1.82, 2.24) is 5.32 Å². The molecule has 0 fully saturated rings. The molecule has 0 spiro atoms. The Hall–Kier alpha value is -1.84. The highest BCUT2D eigenvalue weighted by atomic mass is 16.6. The number of hydrogen-bond acceptors (Lipinski definition) is 3. The summed E-state index contributed by atoms with van der Waals surface area (Å²) in [5.41, 5.74) is -0.186. The standard InChI is InChI=1S/C12H15NO3/c1-12(2,3)16-11(15)13-10(14)9-7-5-4-6-8-9/h4-8H,1-3H3,(H,13,14,15). The first kappa shape index (κ1) is 12.2. The van der Waals surface area contributed by atoms with E-state index in [0.717, 1.165) is 0 Å². The van der Waals surface area contributed by atoms with E-state index < -0.39 is 17.6 Å². The van der Waals surface area contributed by atoms with Gasteiger partial charge in [0, 0.05) is 5.56 Å². The number of carbonyl (C=O) groups is 2. The molecule has 0 unspecified atom stereocenters. The molecule has 0 saturated heterocycles. The number of ether oxygens (including phenoxy) is 1. The molecule has 0 atom stereocenters. The van der Waals surface area contributed by atoms with Crippen LogP contribution in [0.3, 0.4) is 0 Å². The Balaban J connectivity index is 2.56. The van der Waals surface area contributed by atoms with Crippen LogP contribution in [0.2, 0.25) is 0 Å². The smallest absolute Gasteiger partial charge is 0.414 e. The molecule has 4 nitrogen and oxygen atoms in total. The molecule has 16 heavy (non-hydrogen) atoms. The highest BCUT2D eigenvalue weighted by Gasteiger charge is 2.18. The van der Waals surface area contributed by atoms with E-state index in [-0.39, 0.29) is 0 Å². The van der Waals surface area contributed by atoms with Gasteiger partial charge in [-0.2, -0.15) is 0 Å². The Labute approximate surface area is 94.6 Å². The van der Waals surface area contributed by atoms with Crippen LogP contribution < -0.4 is 5.32 Å². The molecule has 0 bridgehead atoms. The first-order valence-corrected chi connectivity index (χ1v) is 4.98. The fraction of sp³-hybridized carbons (Fsp3) is 0.333. The summed E-state index contributed by atoms with van der Waals surface area (Å²) in [6, 6.07) is 8.50. The minimum Gasteiger partial charge on any atom is -0.444 e. The number of alkyl carbamates (subject to hydrolysis) is 1. The maximum atomic E-state index is 11.5. The van der Waals surface area contributed by atoms with Crippen LogP contribution in [0.25, 0.3) is 0 Å². The number of amides is 2. The summed E-state index contributed by atoms with van der Waals surface area (Å²) in [7, 11) is 0. The molecule has 0 aromatic heterocycles. The van der Waals surface area contributed by atoms with Gasteiger partial charge in [0.2, 0.25) is 0 Å².